The zero-order valence-electron chi connectivity index (χ0n) is 12.3. The fraction of sp³-hybridized carbons (Fsp3) is 0.200. The van der Waals surface area contributed by atoms with Gasteiger partial charge in [-0.3, -0.25) is 0 Å². The molecule has 0 saturated heterocycles. The van der Waals surface area contributed by atoms with Crippen LogP contribution in [0.15, 0.2) is 59.5 Å². The summed E-state index contributed by atoms with van der Waals surface area (Å²) in [5.74, 6) is 0. The molecule has 0 spiro atoms. The molecule has 7 heteroatoms. The highest BCUT2D eigenvalue weighted by molar-refractivity contribution is 7.89. The van der Waals surface area contributed by atoms with E-state index in [1.165, 1.54) is 28.6 Å². The summed E-state index contributed by atoms with van der Waals surface area (Å²) in [5.41, 5.74) is 1.04. The fourth-order valence-corrected chi connectivity index (χ4v) is 3.63. The minimum Gasteiger partial charge on any atom is -0.423 e. The number of nitrogens with zero attached hydrogens (tertiary/aromatic N) is 1. The normalized spacial score (nSPS) is 11.6. The van der Waals surface area contributed by atoms with Crippen molar-refractivity contribution in [2.24, 2.45) is 0 Å². The molecule has 0 saturated carbocycles. The molecule has 22 heavy (non-hydrogen) atoms. The lowest BCUT2D eigenvalue weighted by Gasteiger charge is -2.21. The number of hydrogen-bond acceptors (Lipinski definition) is 4. The number of benzene rings is 2. The van der Waals surface area contributed by atoms with Crippen LogP contribution in [-0.2, 0) is 16.6 Å². The van der Waals surface area contributed by atoms with Gasteiger partial charge in [0.25, 0.3) is 0 Å². The van der Waals surface area contributed by atoms with Crippen molar-refractivity contribution < 1.29 is 18.5 Å². The van der Waals surface area contributed by atoms with E-state index in [1.807, 2.05) is 30.3 Å². The highest BCUT2D eigenvalue weighted by atomic mass is 32.2. The lowest BCUT2D eigenvalue weighted by atomic mass is 9.80. The first kappa shape index (κ1) is 16.7. The molecule has 0 heterocycles. The molecule has 0 aromatic heterocycles. The van der Waals surface area contributed by atoms with E-state index in [0.29, 0.717) is 6.54 Å². The molecule has 0 aliphatic heterocycles. The smallest absolute Gasteiger partial charge is 0.423 e. The molecule has 2 aromatic rings. The maximum Gasteiger partial charge on any atom is 0.488 e. The monoisotopic (exact) mass is 319 g/mol. The van der Waals surface area contributed by atoms with Crippen LogP contribution in [0.4, 0.5) is 0 Å². The molecule has 0 unspecified atom stereocenters. The Morgan fingerprint density at radius 3 is 2.32 bits per heavy atom. The van der Waals surface area contributed by atoms with Crippen molar-refractivity contribution in [2.75, 3.05) is 6.54 Å². The summed E-state index contributed by atoms with van der Waals surface area (Å²) in [6.07, 6.45) is 0. The van der Waals surface area contributed by atoms with Crippen molar-refractivity contribution in [3.63, 3.8) is 0 Å². The second-order valence-corrected chi connectivity index (χ2v) is 6.80. The molecule has 0 atom stereocenters. The Morgan fingerprint density at radius 1 is 1.05 bits per heavy atom. The molecule has 0 aliphatic rings. The lowest BCUT2D eigenvalue weighted by molar-refractivity contribution is 0.423. The van der Waals surface area contributed by atoms with Crippen molar-refractivity contribution in [3.05, 3.63) is 60.2 Å². The molecular formula is C15H18BNO4S. The number of hydrogen-bond donors (Lipinski definition) is 2. The maximum atomic E-state index is 12.7. The van der Waals surface area contributed by atoms with Gasteiger partial charge in [-0.15, -0.1) is 0 Å². The summed E-state index contributed by atoms with van der Waals surface area (Å²) in [5, 5.41) is 18.4. The summed E-state index contributed by atoms with van der Waals surface area (Å²) >= 11 is 0. The lowest BCUT2D eigenvalue weighted by Crippen LogP contribution is -2.33. The van der Waals surface area contributed by atoms with Crippen molar-refractivity contribution in [3.8, 4) is 0 Å². The summed E-state index contributed by atoms with van der Waals surface area (Å²) < 4.78 is 26.8. The zero-order valence-corrected chi connectivity index (χ0v) is 13.1. The average molecular weight is 319 g/mol. The van der Waals surface area contributed by atoms with E-state index in [2.05, 4.69) is 0 Å². The fourth-order valence-electron chi connectivity index (χ4n) is 2.14. The van der Waals surface area contributed by atoms with Gasteiger partial charge in [-0.1, -0.05) is 49.4 Å². The minimum atomic E-state index is -3.69. The van der Waals surface area contributed by atoms with Gasteiger partial charge in [0.2, 0.25) is 10.0 Å². The highest BCUT2D eigenvalue weighted by Gasteiger charge is 2.24. The van der Waals surface area contributed by atoms with Crippen LogP contribution >= 0.6 is 0 Å². The largest absolute Gasteiger partial charge is 0.488 e. The van der Waals surface area contributed by atoms with Crippen LogP contribution in [0, 0.1) is 0 Å². The average Bonchev–Trinajstić information content (AvgIpc) is 2.53. The Hall–Kier alpha value is -1.67. The first-order chi connectivity index (χ1) is 10.4. The van der Waals surface area contributed by atoms with Crippen LogP contribution in [0.2, 0.25) is 0 Å². The Kier molecular flexibility index (Phi) is 5.36. The molecule has 116 valence electrons. The third-order valence-corrected chi connectivity index (χ3v) is 5.27. The first-order valence-corrected chi connectivity index (χ1v) is 8.39. The molecule has 2 N–H and O–H groups in total. The van der Waals surface area contributed by atoms with Crippen LogP contribution in [-0.4, -0.2) is 36.4 Å². The van der Waals surface area contributed by atoms with E-state index < -0.39 is 17.1 Å². The molecule has 0 fully saturated rings. The van der Waals surface area contributed by atoms with E-state index in [4.69, 9.17) is 0 Å². The Morgan fingerprint density at radius 2 is 1.73 bits per heavy atom. The van der Waals surface area contributed by atoms with Gasteiger partial charge in [-0.2, -0.15) is 4.31 Å². The molecule has 5 nitrogen and oxygen atoms in total. The van der Waals surface area contributed by atoms with Crippen molar-refractivity contribution in [2.45, 2.75) is 18.4 Å². The predicted molar refractivity (Wildman–Crippen MR) is 86.0 cm³/mol. The van der Waals surface area contributed by atoms with Gasteiger partial charge < -0.3 is 10.0 Å². The van der Waals surface area contributed by atoms with E-state index in [-0.39, 0.29) is 16.9 Å². The zero-order chi connectivity index (χ0) is 16.2. The molecule has 2 rings (SSSR count). The second kappa shape index (κ2) is 7.06. The summed E-state index contributed by atoms with van der Waals surface area (Å²) in [6.45, 7) is 2.36. The van der Waals surface area contributed by atoms with Crippen molar-refractivity contribution in [1.82, 2.24) is 4.31 Å². The van der Waals surface area contributed by atoms with Crippen LogP contribution in [0.5, 0.6) is 0 Å². The van der Waals surface area contributed by atoms with Gasteiger partial charge in [0, 0.05) is 13.1 Å². The van der Waals surface area contributed by atoms with E-state index in [1.54, 1.807) is 6.92 Å². The van der Waals surface area contributed by atoms with Gasteiger partial charge in [0.05, 0.1) is 4.90 Å². The standard InChI is InChI=1S/C15H18BNO4S/c1-2-17(12-13-7-4-3-5-8-13)22(20,21)15-10-6-9-14(11-15)16(18)19/h3-11,18-19H,2,12H2,1H3. The van der Waals surface area contributed by atoms with Gasteiger partial charge in [-0.05, 0) is 23.2 Å². The Balaban J connectivity index is 2.32. The third-order valence-electron chi connectivity index (χ3n) is 3.35. The van der Waals surface area contributed by atoms with Crippen LogP contribution in [0.3, 0.4) is 0 Å². The van der Waals surface area contributed by atoms with E-state index in [9.17, 15) is 18.5 Å². The molecule has 0 radical (unpaired) electrons. The van der Waals surface area contributed by atoms with Crippen molar-refractivity contribution >= 4 is 22.6 Å². The first-order valence-electron chi connectivity index (χ1n) is 6.95. The molecule has 0 bridgehead atoms. The van der Waals surface area contributed by atoms with Crippen LogP contribution < -0.4 is 5.46 Å². The SMILES string of the molecule is CCN(Cc1ccccc1)S(=O)(=O)c1cccc(B(O)O)c1. The van der Waals surface area contributed by atoms with Crippen LogP contribution in [0.25, 0.3) is 0 Å². The Bertz CT molecular complexity index is 719. The quantitative estimate of drug-likeness (QED) is 0.764. The van der Waals surface area contributed by atoms with Crippen LogP contribution in [0.1, 0.15) is 12.5 Å². The van der Waals surface area contributed by atoms with E-state index >= 15 is 0 Å². The highest BCUT2D eigenvalue weighted by Crippen LogP contribution is 2.17. The molecule has 2 aromatic carbocycles. The van der Waals surface area contributed by atoms with Gasteiger partial charge >= 0.3 is 7.12 Å². The topological polar surface area (TPSA) is 77.8 Å². The summed E-state index contributed by atoms with van der Waals surface area (Å²) in [4.78, 5) is 0.0517. The maximum absolute atomic E-state index is 12.7. The van der Waals surface area contributed by atoms with E-state index in [0.717, 1.165) is 5.56 Å². The Labute approximate surface area is 131 Å². The number of sulfonamides is 1. The summed E-state index contributed by atoms with van der Waals surface area (Å²) in [7, 11) is -5.39. The van der Waals surface area contributed by atoms with Gasteiger partial charge in [0.1, 0.15) is 0 Å². The van der Waals surface area contributed by atoms with Gasteiger partial charge in [-0.25, -0.2) is 8.42 Å². The molecule has 0 amide bonds. The van der Waals surface area contributed by atoms with Gasteiger partial charge in [0.15, 0.2) is 0 Å². The molecule has 0 aliphatic carbocycles. The van der Waals surface area contributed by atoms with Crippen molar-refractivity contribution in [1.29, 1.82) is 0 Å². The molecular weight excluding hydrogens is 301 g/mol. The summed E-state index contributed by atoms with van der Waals surface area (Å²) in [6, 6.07) is 15.0. The predicted octanol–water partition coefficient (Wildman–Crippen LogP) is 0.577. The third kappa shape index (κ3) is 3.75. The number of rotatable bonds is 6. The second-order valence-electron chi connectivity index (χ2n) is 4.86. The minimum absolute atomic E-state index is 0.0517.